The summed E-state index contributed by atoms with van der Waals surface area (Å²) in [6.45, 7) is 15.6. The maximum atomic E-state index is 14.4. The van der Waals surface area contributed by atoms with Crippen LogP contribution in [0.25, 0.3) is 0 Å². The number of hydrogen-bond acceptors (Lipinski definition) is 8. The average Bonchev–Trinajstić information content (AvgIpc) is 2.94. The van der Waals surface area contributed by atoms with E-state index in [0.717, 1.165) is 29.9 Å². The largest absolute Gasteiger partial charge is 0.444 e. The highest BCUT2D eigenvalue weighted by atomic mass is 17.2. The molecule has 0 radical (unpaired) electrons. The van der Waals surface area contributed by atoms with Crippen molar-refractivity contribution >= 4 is 24.0 Å². The molecule has 0 saturated carbocycles. The molecule has 1 aliphatic heterocycles. The molecule has 0 bridgehead atoms. The van der Waals surface area contributed by atoms with Gasteiger partial charge in [-0.15, -0.1) is 0 Å². The second-order valence-corrected chi connectivity index (χ2v) is 12.9. The zero-order chi connectivity index (χ0) is 31.1. The number of morpholine rings is 1. The van der Waals surface area contributed by atoms with Gasteiger partial charge in [0.2, 0.25) is 0 Å². The van der Waals surface area contributed by atoms with Gasteiger partial charge in [0.1, 0.15) is 18.5 Å². The monoisotopic (exact) mass is 582 g/mol. The number of likely N-dealkylation sites (N-methyl/N-ethyl adjacent to an activating group) is 1. The Morgan fingerprint density at radius 1 is 0.976 bits per heavy atom. The van der Waals surface area contributed by atoms with Crippen LogP contribution in [0.1, 0.15) is 65.5 Å². The van der Waals surface area contributed by atoms with Crippen LogP contribution in [-0.4, -0.2) is 67.7 Å². The third kappa shape index (κ3) is 7.69. The molecule has 9 nitrogen and oxygen atoms in total. The third-order valence-electron chi connectivity index (χ3n) is 7.56. The van der Waals surface area contributed by atoms with Crippen molar-refractivity contribution in [3.63, 3.8) is 0 Å². The van der Waals surface area contributed by atoms with Crippen LogP contribution in [0.3, 0.4) is 0 Å². The Morgan fingerprint density at radius 3 is 2.10 bits per heavy atom. The van der Waals surface area contributed by atoms with Crippen LogP contribution in [0.5, 0.6) is 0 Å². The molecule has 3 rings (SSSR count). The van der Waals surface area contributed by atoms with E-state index in [0.29, 0.717) is 19.5 Å². The van der Waals surface area contributed by atoms with Crippen molar-refractivity contribution in [3.05, 3.63) is 65.7 Å². The van der Waals surface area contributed by atoms with Crippen molar-refractivity contribution < 1.29 is 33.6 Å². The molecular formula is C33H46N2O7. The molecule has 0 N–H and O–H groups in total. The van der Waals surface area contributed by atoms with Gasteiger partial charge in [-0.2, -0.15) is 4.89 Å². The molecule has 0 aliphatic carbocycles. The standard InChI is InChI=1S/C33H46N2O7/c1-24(22-36)33(34(8)30(38)41-32(5,6)7,29(37)42-40-23-25-12-10-9-11-13-25)28(31(2,3)4)26-14-16-27(17-15-26)35-18-20-39-21-19-35/h9-17,22,24,28H,18-21,23H2,1-8H3/t24?,28?,33-/m1/s1. The van der Waals surface area contributed by atoms with E-state index in [4.69, 9.17) is 19.2 Å². The van der Waals surface area contributed by atoms with E-state index >= 15 is 0 Å². The molecule has 2 unspecified atom stereocenters. The fourth-order valence-electron chi connectivity index (χ4n) is 5.69. The van der Waals surface area contributed by atoms with Gasteiger partial charge in [-0.3, -0.25) is 9.79 Å². The maximum Gasteiger partial charge on any atom is 0.411 e. The number of nitrogens with zero attached hydrogens (tertiary/aromatic N) is 2. The Hall–Kier alpha value is -3.43. The molecule has 2 aromatic carbocycles. The predicted octanol–water partition coefficient (Wildman–Crippen LogP) is 5.77. The van der Waals surface area contributed by atoms with E-state index in [1.807, 2.05) is 75.4 Å². The lowest BCUT2D eigenvalue weighted by atomic mass is 9.60. The molecule has 42 heavy (non-hydrogen) atoms. The summed E-state index contributed by atoms with van der Waals surface area (Å²) in [5.74, 6) is -2.55. The lowest BCUT2D eigenvalue weighted by Gasteiger charge is -2.51. The SMILES string of the molecule is CC(C=O)[C@](C(=O)OOCc1ccccc1)(C(c1ccc(N2CCOCC2)cc1)C(C)(C)C)N(C)C(=O)OC(C)(C)C. The molecule has 3 atom stereocenters. The number of benzene rings is 2. The first kappa shape index (κ1) is 33.1. The summed E-state index contributed by atoms with van der Waals surface area (Å²) in [4.78, 5) is 55.1. The highest BCUT2D eigenvalue weighted by molar-refractivity contribution is 5.90. The molecule has 1 aliphatic rings. The quantitative estimate of drug-likeness (QED) is 0.198. The summed E-state index contributed by atoms with van der Waals surface area (Å²) in [7, 11) is 1.48. The normalized spacial score (nSPS) is 17.0. The molecule has 1 heterocycles. The molecular weight excluding hydrogens is 536 g/mol. The number of rotatable bonds is 10. The highest BCUT2D eigenvalue weighted by Crippen LogP contribution is 2.50. The lowest BCUT2D eigenvalue weighted by molar-refractivity contribution is -0.291. The molecule has 9 heteroatoms. The number of carbonyl (C=O) groups excluding carboxylic acids is 3. The van der Waals surface area contributed by atoms with Gasteiger partial charge in [0.25, 0.3) is 0 Å². The topological polar surface area (TPSA) is 94.6 Å². The molecule has 1 saturated heterocycles. The third-order valence-corrected chi connectivity index (χ3v) is 7.56. The van der Waals surface area contributed by atoms with Gasteiger partial charge in [-0.1, -0.05) is 70.2 Å². The Labute approximate surface area is 250 Å². The van der Waals surface area contributed by atoms with Crippen LogP contribution < -0.4 is 4.90 Å². The number of aldehydes is 1. The van der Waals surface area contributed by atoms with Crippen molar-refractivity contribution in [2.45, 2.75) is 72.1 Å². The van der Waals surface area contributed by atoms with Crippen molar-refractivity contribution in [3.8, 4) is 0 Å². The summed E-state index contributed by atoms with van der Waals surface area (Å²) >= 11 is 0. The van der Waals surface area contributed by atoms with Crippen LogP contribution in [0.4, 0.5) is 10.5 Å². The van der Waals surface area contributed by atoms with Crippen molar-refractivity contribution in [1.29, 1.82) is 0 Å². The zero-order valence-electron chi connectivity index (χ0n) is 26.2. The second-order valence-electron chi connectivity index (χ2n) is 12.9. The Bertz CT molecular complexity index is 1180. The predicted molar refractivity (Wildman–Crippen MR) is 161 cm³/mol. The van der Waals surface area contributed by atoms with Gasteiger partial charge < -0.3 is 19.2 Å². The first-order valence-corrected chi connectivity index (χ1v) is 14.4. The minimum absolute atomic E-state index is 0.00269. The summed E-state index contributed by atoms with van der Waals surface area (Å²) in [6.07, 6.45) is -0.0735. The number of hydrogen-bond donors (Lipinski definition) is 0. The molecule has 0 spiro atoms. The van der Waals surface area contributed by atoms with E-state index < -0.39 is 40.5 Å². The van der Waals surface area contributed by atoms with E-state index in [2.05, 4.69) is 4.90 Å². The van der Waals surface area contributed by atoms with Crippen LogP contribution in [0.2, 0.25) is 0 Å². The minimum atomic E-state index is -1.82. The Balaban J connectivity index is 2.13. The van der Waals surface area contributed by atoms with Gasteiger partial charge in [0, 0.05) is 37.7 Å². The fraction of sp³-hybridized carbons (Fsp3) is 0.545. The maximum absolute atomic E-state index is 14.4. The molecule has 1 fully saturated rings. The van der Waals surface area contributed by atoms with Crippen molar-refractivity contribution in [2.75, 3.05) is 38.3 Å². The number of carbonyl (C=O) groups is 3. The Kier molecular flexibility index (Phi) is 10.8. The van der Waals surface area contributed by atoms with Gasteiger partial charge in [-0.25, -0.2) is 9.59 Å². The smallest absolute Gasteiger partial charge is 0.411 e. The first-order valence-electron chi connectivity index (χ1n) is 14.4. The summed E-state index contributed by atoms with van der Waals surface area (Å²) in [5.41, 5.74) is -0.703. The van der Waals surface area contributed by atoms with Crippen LogP contribution in [0, 0.1) is 11.3 Å². The van der Waals surface area contributed by atoms with E-state index in [1.165, 1.54) is 11.9 Å². The average molecular weight is 583 g/mol. The Morgan fingerprint density at radius 2 is 1.57 bits per heavy atom. The van der Waals surface area contributed by atoms with E-state index in [1.54, 1.807) is 27.7 Å². The lowest BCUT2D eigenvalue weighted by Crippen LogP contribution is -2.66. The van der Waals surface area contributed by atoms with Gasteiger partial charge in [0.15, 0.2) is 5.54 Å². The van der Waals surface area contributed by atoms with Gasteiger partial charge in [0.05, 0.1) is 13.2 Å². The summed E-state index contributed by atoms with van der Waals surface area (Å²) in [6, 6.07) is 17.2. The van der Waals surface area contributed by atoms with Crippen molar-refractivity contribution in [1.82, 2.24) is 4.90 Å². The van der Waals surface area contributed by atoms with Crippen LogP contribution in [-0.2, 0) is 35.4 Å². The zero-order valence-corrected chi connectivity index (χ0v) is 26.2. The van der Waals surface area contributed by atoms with Crippen LogP contribution >= 0.6 is 0 Å². The highest BCUT2D eigenvalue weighted by Gasteiger charge is 2.61. The molecule has 0 aromatic heterocycles. The number of ether oxygens (including phenoxy) is 2. The van der Waals surface area contributed by atoms with Gasteiger partial charge in [-0.05, 0) is 49.4 Å². The van der Waals surface area contributed by atoms with Crippen molar-refractivity contribution in [2.24, 2.45) is 11.3 Å². The van der Waals surface area contributed by atoms with E-state index in [9.17, 15) is 14.4 Å². The van der Waals surface area contributed by atoms with E-state index in [-0.39, 0.29) is 6.61 Å². The first-order chi connectivity index (χ1) is 19.7. The summed E-state index contributed by atoms with van der Waals surface area (Å²) in [5, 5.41) is 0. The minimum Gasteiger partial charge on any atom is -0.444 e. The molecule has 2 aromatic rings. The van der Waals surface area contributed by atoms with Crippen LogP contribution in [0.15, 0.2) is 54.6 Å². The molecule has 1 amide bonds. The summed E-state index contributed by atoms with van der Waals surface area (Å²) < 4.78 is 11.2. The second kappa shape index (κ2) is 13.7. The molecule has 230 valence electrons. The number of amides is 1. The fourth-order valence-corrected chi connectivity index (χ4v) is 5.69. The van der Waals surface area contributed by atoms with Gasteiger partial charge >= 0.3 is 12.1 Å². The number of anilines is 1.